The van der Waals surface area contributed by atoms with Crippen LogP contribution in [0.4, 0.5) is 5.95 Å². The summed E-state index contributed by atoms with van der Waals surface area (Å²) in [5, 5.41) is 9.23. The Morgan fingerprint density at radius 1 is 0.667 bits per heavy atom. The van der Waals surface area contributed by atoms with Gasteiger partial charge in [-0.05, 0) is 22.8 Å². The third-order valence-electron chi connectivity index (χ3n) is 4.46. The molecule has 0 aliphatic rings. The first-order chi connectivity index (χ1) is 13.2. The van der Waals surface area contributed by atoms with Gasteiger partial charge < -0.3 is 10.8 Å². The van der Waals surface area contributed by atoms with Gasteiger partial charge in [0, 0.05) is 11.1 Å². The normalized spacial score (nSPS) is 10.7. The van der Waals surface area contributed by atoms with Crippen LogP contribution in [0.1, 0.15) is 5.56 Å². The third kappa shape index (κ3) is 3.57. The minimum atomic E-state index is 0.0158. The van der Waals surface area contributed by atoms with Crippen LogP contribution in [0.5, 0.6) is 0 Å². The number of nitrogens with two attached hydrogens (primary N) is 1. The van der Waals surface area contributed by atoms with E-state index < -0.39 is 0 Å². The van der Waals surface area contributed by atoms with Crippen molar-refractivity contribution in [3.05, 3.63) is 90.5 Å². The van der Waals surface area contributed by atoms with E-state index in [4.69, 9.17) is 5.73 Å². The summed E-state index contributed by atoms with van der Waals surface area (Å²) >= 11 is 0. The van der Waals surface area contributed by atoms with Crippen molar-refractivity contribution in [1.82, 2.24) is 9.97 Å². The Morgan fingerprint density at radius 3 is 2.00 bits per heavy atom. The second-order valence-electron chi connectivity index (χ2n) is 6.26. The number of nitrogens with zero attached hydrogens (tertiary/aromatic N) is 2. The molecule has 0 spiro atoms. The van der Waals surface area contributed by atoms with Crippen molar-refractivity contribution in [1.29, 1.82) is 0 Å². The van der Waals surface area contributed by atoms with Gasteiger partial charge in [-0.2, -0.15) is 0 Å². The van der Waals surface area contributed by atoms with Crippen LogP contribution in [0.25, 0.3) is 33.6 Å². The monoisotopic (exact) mass is 353 g/mol. The van der Waals surface area contributed by atoms with Crippen molar-refractivity contribution < 1.29 is 5.11 Å². The second kappa shape index (κ2) is 7.40. The van der Waals surface area contributed by atoms with Gasteiger partial charge in [-0.25, -0.2) is 9.97 Å². The molecule has 4 aromatic rings. The highest BCUT2D eigenvalue weighted by molar-refractivity contribution is 5.83. The van der Waals surface area contributed by atoms with Crippen LogP contribution in [-0.2, 0) is 6.61 Å². The van der Waals surface area contributed by atoms with Crippen LogP contribution in [0.15, 0.2) is 84.9 Å². The van der Waals surface area contributed by atoms with E-state index in [-0.39, 0.29) is 12.6 Å². The molecule has 4 heteroatoms. The van der Waals surface area contributed by atoms with E-state index in [0.717, 1.165) is 39.2 Å². The summed E-state index contributed by atoms with van der Waals surface area (Å²) in [7, 11) is 0. The summed E-state index contributed by atoms with van der Waals surface area (Å²) < 4.78 is 0. The van der Waals surface area contributed by atoms with Crippen molar-refractivity contribution in [2.75, 3.05) is 5.73 Å². The molecule has 0 aliphatic carbocycles. The molecular weight excluding hydrogens is 334 g/mol. The van der Waals surface area contributed by atoms with Crippen LogP contribution in [-0.4, -0.2) is 15.1 Å². The summed E-state index contributed by atoms with van der Waals surface area (Å²) in [6, 6.07) is 27.9. The predicted molar refractivity (Wildman–Crippen MR) is 109 cm³/mol. The Kier molecular flexibility index (Phi) is 4.64. The molecule has 0 radical (unpaired) electrons. The van der Waals surface area contributed by atoms with E-state index >= 15 is 0 Å². The highest BCUT2D eigenvalue weighted by Crippen LogP contribution is 2.32. The number of aromatic nitrogens is 2. The highest BCUT2D eigenvalue weighted by atomic mass is 16.3. The first-order valence-corrected chi connectivity index (χ1v) is 8.74. The van der Waals surface area contributed by atoms with Crippen molar-refractivity contribution >= 4 is 5.95 Å². The molecule has 1 aromatic heterocycles. The molecule has 0 fully saturated rings. The Morgan fingerprint density at radius 2 is 1.30 bits per heavy atom. The van der Waals surface area contributed by atoms with Gasteiger partial charge in [0.15, 0.2) is 0 Å². The topological polar surface area (TPSA) is 72.0 Å². The lowest BCUT2D eigenvalue weighted by molar-refractivity contribution is 0.282. The van der Waals surface area contributed by atoms with E-state index in [1.165, 1.54) is 0 Å². The van der Waals surface area contributed by atoms with Crippen molar-refractivity contribution in [2.45, 2.75) is 6.61 Å². The zero-order chi connectivity index (χ0) is 18.6. The van der Waals surface area contributed by atoms with E-state index in [1.54, 1.807) is 0 Å². The van der Waals surface area contributed by atoms with Crippen LogP contribution in [0, 0.1) is 0 Å². The number of benzene rings is 3. The second-order valence-corrected chi connectivity index (χ2v) is 6.26. The number of anilines is 1. The number of nitrogen functional groups attached to an aromatic ring is 1. The maximum atomic E-state index is 9.23. The van der Waals surface area contributed by atoms with E-state index in [1.807, 2.05) is 66.7 Å². The van der Waals surface area contributed by atoms with Gasteiger partial charge in [0.1, 0.15) is 0 Å². The van der Waals surface area contributed by atoms with Crippen molar-refractivity contribution in [2.24, 2.45) is 0 Å². The Labute approximate surface area is 158 Å². The molecule has 0 amide bonds. The smallest absolute Gasteiger partial charge is 0.221 e. The van der Waals surface area contributed by atoms with Gasteiger partial charge in [0.05, 0.1) is 18.0 Å². The van der Waals surface area contributed by atoms with Crippen LogP contribution in [0.3, 0.4) is 0 Å². The number of hydrogen-bond donors (Lipinski definition) is 2. The fourth-order valence-corrected chi connectivity index (χ4v) is 3.11. The SMILES string of the molecule is Nc1nc(-c2ccc(CO)cc2)cc(-c2ccccc2-c2ccccc2)n1. The lowest BCUT2D eigenvalue weighted by Crippen LogP contribution is -1.99. The lowest BCUT2D eigenvalue weighted by Gasteiger charge is -2.11. The Bertz CT molecular complexity index is 1060. The summed E-state index contributed by atoms with van der Waals surface area (Å²) in [5.41, 5.74) is 12.6. The van der Waals surface area contributed by atoms with E-state index in [2.05, 4.69) is 28.2 Å². The third-order valence-corrected chi connectivity index (χ3v) is 4.46. The minimum absolute atomic E-state index is 0.0158. The summed E-state index contributed by atoms with van der Waals surface area (Å²) in [4.78, 5) is 8.87. The highest BCUT2D eigenvalue weighted by Gasteiger charge is 2.11. The molecule has 0 unspecified atom stereocenters. The van der Waals surface area contributed by atoms with Crippen molar-refractivity contribution in [3.8, 4) is 33.6 Å². The molecule has 27 heavy (non-hydrogen) atoms. The molecule has 0 aliphatic heterocycles. The molecule has 0 saturated heterocycles. The van der Waals surface area contributed by atoms with E-state index in [9.17, 15) is 5.11 Å². The molecule has 0 saturated carbocycles. The van der Waals surface area contributed by atoms with Crippen LogP contribution >= 0.6 is 0 Å². The minimum Gasteiger partial charge on any atom is -0.392 e. The van der Waals surface area contributed by atoms with Gasteiger partial charge in [-0.15, -0.1) is 0 Å². The zero-order valence-corrected chi connectivity index (χ0v) is 14.7. The van der Waals surface area contributed by atoms with Gasteiger partial charge in [0.25, 0.3) is 0 Å². The van der Waals surface area contributed by atoms with Gasteiger partial charge in [-0.3, -0.25) is 0 Å². The molecule has 3 N–H and O–H groups in total. The predicted octanol–water partition coefficient (Wildman–Crippen LogP) is 4.55. The summed E-state index contributed by atoms with van der Waals surface area (Å²) in [6.07, 6.45) is 0. The number of aliphatic hydroxyl groups is 1. The van der Waals surface area contributed by atoms with Crippen LogP contribution in [0.2, 0.25) is 0 Å². The molecule has 132 valence electrons. The standard InChI is InChI=1S/C23H19N3O/c24-23-25-21(18-12-10-16(15-27)11-13-18)14-22(26-23)20-9-5-4-8-19(20)17-6-2-1-3-7-17/h1-14,27H,15H2,(H2,24,25,26). The average molecular weight is 353 g/mol. The fraction of sp³-hybridized carbons (Fsp3) is 0.0435. The molecular formula is C23H19N3O. The number of hydrogen-bond acceptors (Lipinski definition) is 4. The fourth-order valence-electron chi connectivity index (χ4n) is 3.11. The molecule has 0 atom stereocenters. The zero-order valence-electron chi connectivity index (χ0n) is 14.7. The summed E-state index contributed by atoms with van der Waals surface area (Å²) in [5.74, 6) is 0.233. The first-order valence-electron chi connectivity index (χ1n) is 8.74. The Hall–Kier alpha value is -3.50. The molecule has 4 nitrogen and oxygen atoms in total. The largest absolute Gasteiger partial charge is 0.392 e. The maximum Gasteiger partial charge on any atom is 0.221 e. The molecule has 3 aromatic carbocycles. The quantitative estimate of drug-likeness (QED) is 0.564. The molecule has 1 heterocycles. The molecule has 4 rings (SSSR count). The summed E-state index contributed by atoms with van der Waals surface area (Å²) in [6.45, 7) is 0.0158. The van der Waals surface area contributed by atoms with E-state index in [0.29, 0.717) is 0 Å². The first kappa shape index (κ1) is 16.9. The van der Waals surface area contributed by atoms with Gasteiger partial charge in [0.2, 0.25) is 5.95 Å². The number of aliphatic hydroxyl groups excluding tert-OH is 1. The maximum absolute atomic E-state index is 9.23. The van der Waals surface area contributed by atoms with Gasteiger partial charge >= 0.3 is 0 Å². The van der Waals surface area contributed by atoms with Gasteiger partial charge in [-0.1, -0.05) is 78.9 Å². The average Bonchev–Trinajstić information content (AvgIpc) is 2.74. The van der Waals surface area contributed by atoms with Crippen LogP contribution < -0.4 is 5.73 Å². The Balaban J connectivity index is 1.83. The lowest BCUT2D eigenvalue weighted by atomic mass is 9.97. The molecule has 0 bridgehead atoms. The van der Waals surface area contributed by atoms with Crippen molar-refractivity contribution in [3.63, 3.8) is 0 Å². The number of rotatable bonds is 4.